The molecule has 0 N–H and O–H groups in total. The first-order chi connectivity index (χ1) is 9.28. The summed E-state index contributed by atoms with van der Waals surface area (Å²) in [5.74, 6) is -0.310. The number of esters is 1. The number of nitrogens with zero attached hydrogens (tertiary/aromatic N) is 1. The molecule has 0 saturated carbocycles. The highest BCUT2D eigenvalue weighted by Gasteiger charge is 2.11. The summed E-state index contributed by atoms with van der Waals surface area (Å²) in [6.45, 7) is 1.44. The Hall–Kier alpha value is -2.07. The first-order valence-corrected chi connectivity index (χ1v) is 6.25. The van der Waals surface area contributed by atoms with Gasteiger partial charge in [-0.2, -0.15) is 0 Å². The van der Waals surface area contributed by atoms with Crippen molar-refractivity contribution in [2.75, 3.05) is 20.3 Å². The predicted octanol–water partition coefficient (Wildman–Crippen LogP) is 2.53. The van der Waals surface area contributed by atoms with Crippen LogP contribution in [0.2, 0.25) is 0 Å². The zero-order chi connectivity index (χ0) is 13.2. The van der Waals surface area contributed by atoms with Gasteiger partial charge in [-0.1, -0.05) is 6.08 Å². The minimum atomic E-state index is -0.310. The number of hydrogen-bond acceptors (Lipinski definition) is 3. The van der Waals surface area contributed by atoms with E-state index in [9.17, 15) is 4.79 Å². The van der Waals surface area contributed by atoms with E-state index in [0.717, 1.165) is 18.5 Å². The number of hydrogen-bond donors (Lipinski definition) is 0. The fraction of sp³-hybridized carbons (Fsp3) is 0.267. The van der Waals surface area contributed by atoms with Crippen molar-refractivity contribution in [3.8, 4) is 0 Å². The Morgan fingerprint density at radius 1 is 1.42 bits per heavy atom. The summed E-state index contributed by atoms with van der Waals surface area (Å²) in [5, 5.41) is 0. The Morgan fingerprint density at radius 3 is 3.05 bits per heavy atom. The second kappa shape index (κ2) is 4.90. The number of ether oxygens (including phenoxy) is 2. The first kappa shape index (κ1) is 12.0. The molecule has 0 aliphatic carbocycles. The van der Waals surface area contributed by atoms with Gasteiger partial charge in [-0.05, 0) is 35.8 Å². The summed E-state index contributed by atoms with van der Waals surface area (Å²) < 4.78 is 12.0. The fourth-order valence-corrected chi connectivity index (χ4v) is 2.33. The molecule has 0 saturated heterocycles. The monoisotopic (exact) mass is 257 g/mol. The molecule has 98 valence electrons. The van der Waals surface area contributed by atoms with Gasteiger partial charge in [-0.3, -0.25) is 0 Å². The quantitative estimate of drug-likeness (QED) is 0.776. The molecule has 0 spiro atoms. The molecule has 1 aliphatic rings. The van der Waals surface area contributed by atoms with Gasteiger partial charge in [-0.25, -0.2) is 4.79 Å². The molecule has 0 aromatic carbocycles. The van der Waals surface area contributed by atoms with Crippen molar-refractivity contribution < 1.29 is 14.3 Å². The lowest BCUT2D eigenvalue weighted by molar-refractivity contribution is 0.0601. The van der Waals surface area contributed by atoms with Crippen LogP contribution < -0.4 is 0 Å². The average molecular weight is 257 g/mol. The minimum Gasteiger partial charge on any atom is -0.465 e. The van der Waals surface area contributed by atoms with Crippen LogP contribution in [0.15, 0.2) is 36.7 Å². The van der Waals surface area contributed by atoms with Gasteiger partial charge >= 0.3 is 5.97 Å². The molecule has 19 heavy (non-hydrogen) atoms. The molecule has 3 heterocycles. The van der Waals surface area contributed by atoms with Crippen LogP contribution in [-0.2, 0) is 9.47 Å². The van der Waals surface area contributed by atoms with E-state index in [4.69, 9.17) is 9.47 Å². The van der Waals surface area contributed by atoms with Crippen molar-refractivity contribution in [1.82, 2.24) is 4.40 Å². The maximum Gasteiger partial charge on any atom is 0.339 e. The predicted molar refractivity (Wildman–Crippen MR) is 72.1 cm³/mol. The van der Waals surface area contributed by atoms with Crippen LogP contribution >= 0.6 is 0 Å². The number of methoxy groups -OCH3 is 1. The molecule has 1 aliphatic heterocycles. The van der Waals surface area contributed by atoms with Crippen LogP contribution in [0.1, 0.15) is 22.3 Å². The molecular weight excluding hydrogens is 242 g/mol. The van der Waals surface area contributed by atoms with E-state index in [0.29, 0.717) is 12.2 Å². The molecule has 2 aromatic rings. The number of fused-ring (bicyclic) bond motifs is 1. The van der Waals surface area contributed by atoms with E-state index < -0.39 is 0 Å². The largest absolute Gasteiger partial charge is 0.465 e. The van der Waals surface area contributed by atoms with Gasteiger partial charge in [0.2, 0.25) is 0 Å². The molecule has 0 atom stereocenters. The Balaban J connectivity index is 2.00. The summed E-state index contributed by atoms with van der Waals surface area (Å²) in [6, 6.07) is 5.99. The van der Waals surface area contributed by atoms with Gasteiger partial charge in [0.05, 0.1) is 25.9 Å². The summed E-state index contributed by atoms with van der Waals surface area (Å²) in [4.78, 5) is 11.5. The topological polar surface area (TPSA) is 39.9 Å². The fourth-order valence-electron chi connectivity index (χ4n) is 2.33. The maximum atomic E-state index is 11.5. The smallest absolute Gasteiger partial charge is 0.339 e. The highest BCUT2D eigenvalue weighted by molar-refractivity contribution is 5.91. The lowest BCUT2D eigenvalue weighted by atomic mass is 10.0. The second-order valence-electron chi connectivity index (χ2n) is 4.52. The summed E-state index contributed by atoms with van der Waals surface area (Å²) in [6.07, 6.45) is 6.79. The molecule has 4 nitrogen and oxygen atoms in total. The van der Waals surface area contributed by atoms with Crippen LogP contribution in [0.25, 0.3) is 11.1 Å². The van der Waals surface area contributed by atoms with Gasteiger partial charge in [0, 0.05) is 17.9 Å². The number of carbonyl (C=O) groups is 1. The van der Waals surface area contributed by atoms with E-state index in [-0.39, 0.29) is 5.97 Å². The molecule has 0 unspecified atom stereocenters. The van der Waals surface area contributed by atoms with Crippen molar-refractivity contribution in [3.63, 3.8) is 0 Å². The van der Waals surface area contributed by atoms with E-state index >= 15 is 0 Å². The number of aromatic nitrogens is 1. The third-order valence-electron chi connectivity index (χ3n) is 3.35. The maximum absolute atomic E-state index is 11.5. The second-order valence-corrected chi connectivity index (χ2v) is 4.52. The van der Waals surface area contributed by atoms with E-state index in [1.165, 1.54) is 18.2 Å². The molecule has 0 fully saturated rings. The zero-order valence-electron chi connectivity index (χ0n) is 10.8. The van der Waals surface area contributed by atoms with Crippen LogP contribution in [0, 0.1) is 0 Å². The van der Waals surface area contributed by atoms with Crippen molar-refractivity contribution in [3.05, 3.63) is 47.8 Å². The van der Waals surface area contributed by atoms with Crippen LogP contribution in [-0.4, -0.2) is 30.7 Å². The van der Waals surface area contributed by atoms with Crippen LogP contribution in [0.4, 0.5) is 0 Å². The number of carbonyl (C=O) groups excluding carboxylic acids is 1. The molecule has 0 amide bonds. The van der Waals surface area contributed by atoms with E-state index in [2.05, 4.69) is 18.2 Å². The summed E-state index contributed by atoms with van der Waals surface area (Å²) >= 11 is 0. The van der Waals surface area contributed by atoms with Gasteiger partial charge in [-0.15, -0.1) is 0 Å². The molecule has 0 bridgehead atoms. The third kappa shape index (κ3) is 2.27. The summed E-state index contributed by atoms with van der Waals surface area (Å²) in [7, 11) is 1.39. The Morgan fingerprint density at radius 2 is 2.32 bits per heavy atom. The van der Waals surface area contributed by atoms with E-state index in [1.807, 2.05) is 16.7 Å². The lowest BCUT2D eigenvalue weighted by Crippen LogP contribution is -2.03. The molecule has 2 aromatic heterocycles. The van der Waals surface area contributed by atoms with Crippen molar-refractivity contribution >= 4 is 17.1 Å². The minimum absolute atomic E-state index is 0.310. The Labute approximate surface area is 111 Å². The van der Waals surface area contributed by atoms with Crippen molar-refractivity contribution in [2.45, 2.75) is 6.42 Å². The van der Waals surface area contributed by atoms with Crippen LogP contribution in [0.3, 0.4) is 0 Å². The number of rotatable bonds is 2. The Kier molecular flexibility index (Phi) is 3.09. The van der Waals surface area contributed by atoms with Gasteiger partial charge < -0.3 is 13.9 Å². The molecule has 3 rings (SSSR count). The molecule has 0 radical (unpaired) electrons. The number of pyridine rings is 1. The van der Waals surface area contributed by atoms with Crippen LogP contribution in [0.5, 0.6) is 0 Å². The average Bonchev–Trinajstić information content (AvgIpc) is 2.90. The van der Waals surface area contributed by atoms with Gasteiger partial charge in [0.1, 0.15) is 0 Å². The lowest BCUT2D eigenvalue weighted by Gasteiger charge is -2.13. The highest BCUT2D eigenvalue weighted by Crippen LogP contribution is 2.23. The zero-order valence-corrected chi connectivity index (χ0v) is 10.8. The third-order valence-corrected chi connectivity index (χ3v) is 3.35. The first-order valence-electron chi connectivity index (χ1n) is 6.25. The normalized spacial score (nSPS) is 15.3. The van der Waals surface area contributed by atoms with Gasteiger partial charge in [0.25, 0.3) is 0 Å². The summed E-state index contributed by atoms with van der Waals surface area (Å²) in [5.41, 5.74) is 4.05. The Bertz CT molecular complexity index is 654. The standard InChI is InChI=1S/C15H15NO3/c1-18-15(17)13-9-14-8-12(2-5-16(14)10-13)11-3-6-19-7-4-11/h2-3,5,8-10H,4,6-7H2,1H3. The highest BCUT2D eigenvalue weighted by atomic mass is 16.5. The SMILES string of the molecule is COC(=O)c1cc2cc(C3=CCOCC3)ccn2c1. The van der Waals surface area contributed by atoms with Crippen molar-refractivity contribution in [2.24, 2.45) is 0 Å². The van der Waals surface area contributed by atoms with E-state index in [1.54, 1.807) is 6.20 Å². The van der Waals surface area contributed by atoms with Gasteiger partial charge in [0.15, 0.2) is 0 Å². The molecule has 4 heteroatoms. The molecular formula is C15H15NO3. The van der Waals surface area contributed by atoms with Crippen molar-refractivity contribution in [1.29, 1.82) is 0 Å².